The molecule has 1 saturated heterocycles. The van der Waals surface area contributed by atoms with E-state index in [0.29, 0.717) is 32.2 Å². The van der Waals surface area contributed by atoms with E-state index >= 15 is 0 Å². The Hall–Kier alpha value is -2.89. The zero-order chi connectivity index (χ0) is 22.9. The van der Waals surface area contributed by atoms with Crippen molar-refractivity contribution in [3.8, 4) is 12.3 Å². The van der Waals surface area contributed by atoms with E-state index in [1.54, 1.807) is 0 Å². The highest BCUT2D eigenvalue weighted by Gasteiger charge is 2.41. The Bertz CT molecular complexity index is 707. The third kappa shape index (κ3) is 6.58. The fourth-order valence-corrected chi connectivity index (χ4v) is 3.43. The van der Waals surface area contributed by atoms with Crippen LogP contribution in [0.2, 0.25) is 0 Å². The van der Waals surface area contributed by atoms with Crippen LogP contribution in [0.5, 0.6) is 0 Å². The molecule has 9 nitrogen and oxygen atoms in total. The van der Waals surface area contributed by atoms with Gasteiger partial charge in [-0.1, -0.05) is 40.0 Å². The van der Waals surface area contributed by atoms with Gasteiger partial charge in [-0.05, 0) is 24.7 Å². The molecule has 1 heterocycles. The smallest absolute Gasteiger partial charge is 0.290 e. The van der Waals surface area contributed by atoms with Crippen LogP contribution in [0.4, 0.5) is 0 Å². The molecule has 1 aliphatic rings. The lowest BCUT2D eigenvalue weighted by Gasteiger charge is -2.34. The molecule has 0 bridgehead atoms. The fourth-order valence-electron chi connectivity index (χ4n) is 3.43. The molecular weight excluding hydrogens is 388 g/mol. The number of likely N-dealkylation sites (tertiary alicyclic amines) is 1. The summed E-state index contributed by atoms with van der Waals surface area (Å²) in [6.45, 7) is 7.58. The van der Waals surface area contributed by atoms with Crippen LogP contribution >= 0.6 is 0 Å². The molecule has 0 spiro atoms. The lowest BCUT2D eigenvalue weighted by Crippen LogP contribution is -2.58. The topological polar surface area (TPSA) is 125 Å². The Labute approximate surface area is 177 Å². The summed E-state index contributed by atoms with van der Waals surface area (Å²) in [6, 6.07) is -2.55. The Morgan fingerprint density at radius 2 is 1.93 bits per heavy atom. The van der Waals surface area contributed by atoms with Crippen LogP contribution in [0.1, 0.15) is 53.4 Å². The number of hydrogen-bond donors (Lipinski definition) is 3. The zero-order valence-electron chi connectivity index (χ0n) is 18.1. The van der Waals surface area contributed by atoms with Crippen molar-refractivity contribution in [2.75, 3.05) is 13.1 Å². The first-order valence-electron chi connectivity index (χ1n) is 10.1. The SMILES string of the molecule is C#CCNC(=O)C(=O)C(CCC)NC(=O)[C@@H]1CCCN1C(=O)[C@@H](NC=O)C(C)(C)C. The molecule has 0 aromatic carbocycles. The van der Waals surface area contributed by atoms with Gasteiger partial charge in [-0.2, -0.15) is 0 Å². The van der Waals surface area contributed by atoms with Crippen LogP contribution in [0.25, 0.3) is 0 Å². The Morgan fingerprint density at radius 1 is 1.27 bits per heavy atom. The maximum Gasteiger partial charge on any atom is 0.290 e. The van der Waals surface area contributed by atoms with Crippen LogP contribution in [-0.4, -0.2) is 66.0 Å². The van der Waals surface area contributed by atoms with Gasteiger partial charge in [0, 0.05) is 6.54 Å². The average Bonchev–Trinajstić information content (AvgIpc) is 3.17. The van der Waals surface area contributed by atoms with E-state index < -0.39 is 41.1 Å². The molecule has 30 heavy (non-hydrogen) atoms. The molecule has 1 fully saturated rings. The number of amides is 4. The number of Topliss-reactive ketones (excluding diaryl/α,β-unsaturated/α-hetero) is 1. The van der Waals surface area contributed by atoms with Crippen molar-refractivity contribution in [2.24, 2.45) is 5.41 Å². The molecule has 0 radical (unpaired) electrons. The fraction of sp³-hybridized carbons (Fsp3) is 0.667. The van der Waals surface area contributed by atoms with Gasteiger partial charge in [0.1, 0.15) is 12.1 Å². The number of carbonyl (C=O) groups excluding carboxylic acids is 5. The highest BCUT2D eigenvalue weighted by Crippen LogP contribution is 2.25. The van der Waals surface area contributed by atoms with Gasteiger partial charge in [0.2, 0.25) is 24.0 Å². The van der Waals surface area contributed by atoms with Crippen LogP contribution < -0.4 is 16.0 Å². The predicted octanol–water partition coefficient (Wildman–Crippen LogP) is -0.258. The summed E-state index contributed by atoms with van der Waals surface area (Å²) in [5, 5.41) is 7.48. The summed E-state index contributed by atoms with van der Waals surface area (Å²) in [4.78, 5) is 62.7. The van der Waals surface area contributed by atoms with E-state index in [4.69, 9.17) is 6.42 Å². The van der Waals surface area contributed by atoms with E-state index in [0.717, 1.165) is 0 Å². The highest BCUT2D eigenvalue weighted by molar-refractivity contribution is 6.38. The molecule has 4 amide bonds. The summed E-state index contributed by atoms with van der Waals surface area (Å²) in [5.74, 6) is -0.249. The van der Waals surface area contributed by atoms with Crippen molar-refractivity contribution < 1.29 is 24.0 Å². The van der Waals surface area contributed by atoms with Gasteiger partial charge in [-0.15, -0.1) is 6.42 Å². The molecule has 1 aliphatic heterocycles. The van der Waals surface area contributed by atoms with Gasteiger partial charge in [-0.25, -0.2) is 0 Å². The van der Waals surface area contributed by atoms with Crippen molar-refractivity contribution in [3.63, 3.8) is 0 Å². The number of nitrogens with one attached hydrogen (secondary N) is 3. The lowest BCUT2D eigenvalue weighted by atomic mass is 9.85. The molecule has 3 N–H and O–H groups in total. The number of terminal acetylenes is 1. The third-order valence-corrected chi connectivity index (χ3v) is 4.97. The minimum Gasteiger partial charge on any atom is -0.346 e. The van der Waals surface area contributed by atoms with Gasteiger partial charge in [0.25, 0.3) is 5.91 Å². The average molecular weight is 421 g/mol. The normalized spacial score (nSPS) is 18.0. The molecule has 166 valence electrons. The number of rotatable bonds is 10. The first-order valence-corrected chi connectivity index (χ1v) is 10.1. The second kappa shape index (κ2) is 11.3. The van der Waals surface area contributed by atoms with Gasteiger partial charge >= 0.3 is 0 Å². The molecule has 0 aliphatic carbocycles. The standard InChI is InChI=1S/C21H32N4O5/c1-6-9-14(16(27)19(29)22-11-7-2)24-18(28)15-10-8-12-25(15)20(30)17(23-13-26)21(3,4)5/h2,13-15,17H,6,8-12H2,1,3-5H3,(H,22,29)(H,23,26)(H,24,28)/t14?,15-,17+/m0/s1. The minimum absolute atomic E-state index is 0.0831. The van der Waals surface area contributed by atoms with E-state index in [9.17, 15) is 24.0 Å². The second-order valence-electron chi connectivity index (χ2n) is 8.37. The Morgan fingerprint density at radius 3 is 2.47 bits per heavy atom. The summed E-state index contributed by atoms with van der Waals surface area (Å²) in [6.07, 6.45) is 7.47. The molecule has 3 atom stereocenters. The van der Waals surface area contributed by atoms with E-state index in [1.807, 2.05) is 27.7 Å². The van der Waals surface area contributed by atoms with Crippen LogP contribution in [0.15, 0.2) is 0 Å². The molecule has 0 saturated carbocycles. The molecule has 1 unspecified atom stereocenters. The van der Waals surface area contributed by atoms with Crippen molar-refractivity contribution >= 4 is 29.9 Å². The summed E-state index contributed by atoms with van der Waals surface area (Å²) < 4.78 is 0. The molecule has 9 heteroatoms. The molecule has 0 aromatic rings. The molecule has 0 aromatic heterocycles. The summed E-state index contributed by atoms with van der Waals surface area (Å²) >= 11 is 0. The molecule has 1 rings (SSSR count). The first kappa shape index (κ1) is 25.1. The Balaban J connectivity index is 2.94. The first-order chi connectivity index (χ1) is 14.1. The number of carbonyl (C=O) groups is 5. The van der Waals surface area contributed by atoms with Crippen molar-refractivity contribution in [1.82, 2.24) is 20.9 Å². The second-order valence-corrected chi connectivity index (χ2v) is 8.37. The van der Waals surface area contributed by atoms with Crippen molar-refractivity contribution in [1.29, 1.82) is 0 Å². The highest BCUT2D eigenvalue weighted by atomic mass is 16.2. The summed E-state index contributed by atoms with van der Waals surface area (Å²) in [5.41, 5.74) is -0.544. The number of nitrogens with zero attached hydrogens (tertiary/aromatic N) is 1. The van der Waals surface area contributed by atoms with Crippen LogP contribution in [-0.2, 0) is 24.0 Å². The monoisotopic (exact) mass is 420 g/mol. The van der Waals surface area contributed by atoms with Crippen molar-refractivity contribution in [2.45, 2.75) is 71.5 Å². The van der Waals surface area contributed by atoms with Crippen molar-refractivity contribution in [3.05, 3.63) is 0 Å². The minimum atomic E-state index is -0.996. The maximum atomic E-state index is 13.0. The number of ketones is 1. The lowest BCUT2D eigenvalue weighted by molar-refractivity contribution is -0.144. The van der Waals surface area contributed by atoms with Gasteiger partial charge < -0.3 is 20.9 Å². The quantitative estimate of drug-likeness (QED) is 0.255. The summed E-state index contributed by atoms with van der Waals surface area (Å²) in [7, 11) is 0. The van der Waals surface area contributed by atoms with E-state index in [-0.39, 0.29) is 18.9 Å². The van der Waals surface area contributed by atoms with Gasteiger partial charge in [-0.3, -0.25) is 24.0 Å². The van der Waals surface area contributed by atoms with E-state index in [1.165, 1.54) is 4.90 Å². The third-order valence-electron chi connectivity index (χ3n) is 4.97. The van der Waals surface area contributed by atoms with Gasteiger partial charge in [0.05, 0.1) is 12.6 Å². The Kier molecular flexibility index (Phi) is 9.50. The largest absolute Gasteiger partial charge is 0.346 e. The maximum absolute atomic E-state index is 13.0. The van der Waals surface area contributed by atoms with Gasteiger partial charge in [0.15, 0.2) is 0 Å². The predicted molar refractivity (Wildman–Crippen MR) is 111 cm³/mol. The van der Waals surface area contributed by atoms with E-state index in [2.05, 4.69) is 21.9 Å². The number of hydrogen-bond acceptors (Lipinski definition) is 5. The van der Waals surface area contributed by atoms with Crippen LogP contribution in [0.3, 0.4) is 0 Å². The zero-order valence-corrected chi connectivity index (χ0v) is 18.1. The molecular formula is C21H32N4O5. The van der Waals surface area contributed by atoms with Crippen LogP contribution in [0, 0.1) is 17.8 Å².